The summed E-state index contributed by atoms with van der Waals surface area (Å²) >= 11 is 3.35. The number of carbonyl (C=O) groups excluding carboxylic acids is 4. The van der Waals surface area contributed by atoms with Gasteiger partial charge in [-0.15, -0.1) is 22.7 Å². The number of hydrogen-bond donors (Lipinski definition) is 0. The largest absolute Gasteiger partial charge is 0.292 e. The predicted octanol–water partition coefficient (Wildman–Crippen LogP) is 9.23. The Morgan fingerprint density at radius 3 is 1.52 bits per heavy atom. The van der Waals surface area contributed by atoms with Crippen molar-refractivity contribution in [2.75, 3.05) is 0 Å². The summed E-state index contributed by atoms with van der Waals surface area (Å²) in [7, 11) is 0. The fourth-order valence-electron chi connectivity index (χ4n) is 12.1. The number of thiophene rings is 2. The Labute approximate surface area is 302 Å². The van der Waals surface area contributed by atoms with Gasteiger partial charge in [0.2, 0.25) is 0 Å². The van der Waals surface area contributed by atoms with Gasteiger partial charge in [0.1, 0.15) is 10.7 Å². The lowest BCUT2D eigenvalue weighted by Gasteiger charge is -2.39. The highest BCUT2D eigenvalue weighted by atomic mass is 32.1. The maximum atomic E-state index is 13.7. The van der Waals surface area contributed by atoms with E-state index in [2.05, 4.69) is 39.8 Å². The van der Waals surface area contributed by atoms with Crippen molar-refractivity contribution in [3.8, 4) is 9.75 Å². The van der Waals surface area contributed by atoms with Crippen LogP contribution in [0.25, 0.3) is 15.8 Å². The summed E-state index contributed by atoms with van der Waals surface area (Å²) in [6.45, 7) is 8.87. The van der Waals surface area contributed by atoms with Gasteiger partial charge in [-0.05, 0) is 78.2 Å². The molecule has 2 heterocycles. The van der Waals surface area contributed by atoms with Gasteiger partial charge in [0.05, 0.1) is 10.6 Å². The number of hydrogen-bond acceptors (Lipinski definition) is 8. The minimum Gasteiger partial charge on any atom is -0.292 e. The van der Waals surface area contributed by atoms with Crippen LogP contribution < -0.4 is 0 Å². The summed E-state index contributed by atoms with van der Waals surface area (Å²) in [5.41, 5.74) is 4.15. The highest BCUT2D eigenvalue weighted by Gasteiger charge is 2.55. The Kier molecular flexibility index (Phi) is 6.91. The topological polar surface area (TPSA) is 93.0 Å². The zero-order valence-corrected chi connectivity index (χ0v) is 31.2. The van der Waals surface area contributed by atoms with E-state index in [1.165, 1.54) is 77.8 Å². The number of fused-ring (bicyclic) bond motifs is 9. The lowest BCUT2D eigenvalue weighted by molar-refractivity contribution is -0.123. The highest BCUT2D eigenvalue weighted by Crippen LogP contribution is 2.63. The van der Waals surface area contributed by atoms with Gasteiger partial charge in [-0.25, -0.2) is 9.98 Å². The standard InChI is InChI=1S/C42H46N2O4S2/c1-41(2)27-17-30(44-34-37(47)25-15-21-11-7-8-12-22(21)16-26(25)38(34)48)50-39(27)40-32(41)31-28(49-40)18-29(42(31,3)4)43-33-35(45)23-13-19-9-5-6-10-20(19)14-24(23)36(33)46/h17-26H,5-16H2,1-4H3. The van der Waals surface area contributed by atoms with Gasteiger partial charge in [-0.3, -0.25) is 19.2 Å². The van der Waals surface area contributed by atoms with Gasteiger partial charge in [-0.2, -0.15) is 0 Å². The van der Waals surface area contributed by atoms with E-state index in [-0.39, 0.29) is 63.6 Å². The van der Waals surface area contributed by atoms with Gasteiger partial charge in [-0.1, -0.05) is 79.1 Å². The quantitative estimate of drug-likeness (QED) is 0.311. The zero-order valence-electron chi connectivity index (χ0n) is 29.6. The molecule has 50 heavy (non-hydrogen) atoms. The van der Waals surface area contributed by atoms with Crippen molar-refractivity contribution >= 4 is 68.3 Å². The monoisotopic (exact) mass is 706 g/mol. The molecule has 10 rings (SSSR count). The SMILES string of the molecule is CC1(C)C(N=C2C(=O)C3CC4CCCCC4CC3C2=O)=Cc2sc3c(c21)C(C)(C)c1cc(N=C2C(=O)C4CC5CCCCC5CC4C2=O)sc1-3. The molecular weight excluding hydrogens is 661 g/mol. The molecule has 0 N–H and O–H groups in total. The van der Waals surface area contributed by atoms with E-state index in [0.29, 0.717) is 23.7 Å². The van der Waals surface area contributed by atoms with E-state index in [1.807, 2.05) is 0 Å². The van der Waals surface area contributed by atoms with Crippen molar-refractivity contribution < 1.29 is 19.2 Å². The average molecular weight is 707 g/mol. The number of aliphatic imine (C=N–C) groups is 2. The summed E-state index contributed by atoms with van der Waals surface area (Å²) in [4.78, 5) is 68.1. The van der Waals surface area contributed by atoms with Crippen LogP contribution in [-0.4, -0.2) is 34.6 Å². The van der Waals surface area contributed by atoms with E-state index < -0.39 is 5.41 Å². The van der Waals surface area contributed by atoms with Crippen LogP contribution in [0.3, 0.4) is 0 Å². The summed E-state index contributed by atoms with van der Waals surface area (Å²) in [5, 5.41) is 0.747. The van der Waals surface area contributed by atoms with E-state index in [1.54, 1.807) is 22.7 Å². The first kappa shape index (κ1) is 31.9. The molecule has 0 saturated heterocycles. The molecule has 0 amide bonds. The van der Waals surface area contributed by atoms with Gasteiger partial charge in [0.15, 0.2) is 28.8 Å². The normalized spacial score (nSPS) is 36.0. The van der Waals surface area contributed by atoms with E-state index in [4.69, 9.17) is 9.98 Å². The van der Waals surface area contributed by atoms with Crippen molar-refractivity contribution in [1.82, 2.24) is 0 Å². The molecular formula is C42H46N2O4S2. The van der Waals surface area contributed by atoms with Gasteiger partial charge < -0.3 is 0 Å². The fourth-order valence-corrected chi connectivity index (χ4v) is 15.0. The molecule has 8 aliphatic carbocycles. The summed E-state index contributed by atoms with van der Waals surface area (Å²) < 4.78 is 0. The maximum absolute atomic E-state index is 13.7. The first-order valence-electron chi connectivity index (χ1n) is 19.3. The van der Waals surface area contributed by atoms with E-state index >= 15 is 0 Å². The Morgan fingerprint density at radius 1 is 0.580 bits per heavy atom. The number of Topliss-reactive ketones (excluding diaryl/α,β-unsaturated/α-hetero) is 4. The van der Waals surface area contributed by atoms with Crippen LogP contribution in [0.15, 0.2) is 21.7 Å². The molecule has 260 valence electrons. The first-order chi connectivity index (χ1) is 23.9. The van der Waals surface area contributed by atoms with Crippen LogP contribution in [0.4, 0.5) is 5.00 Å². The molecule has 0 radical (unpaired) electrons. The second kappa shape index (κ2) is 10.8. The molecule has 8 unspecified atom stereocenters. The Balaban J connectivity index is 0.957. The van der Waals surface area contributed by atoms with Gasteiger partial charge in [0.25, 0.3) is 0 Å². The first-order valence-corrected chi connectivity index (χ1v) is 21.0. The third kappa shape index (κ3) is 4.30. The van der Waals surface area contributed by atoms with Gasteiger partial charge in [0, 0.05) is 44.3 Å². The smallest absolute Gasteiger partial charge is 0.188 e. The molecule has 0 bridgehead atoms. The molecule has 8 atom stereocenters. The van der Waals surface area contributed by atoms with Crippen LogP contribution in [0.5, 0.6) is 0 Å². The molecule has 0 aromatic carbocycles. The second-order valence-corrected chi connectivity index (χ2v) is 20.1. The second-order valence-electron chi connectivity index (χ2n) is 18.0. The molecule has 6 fully saturated rings. The Hall–Kier alpha value is -2.84. The molecule has 8 heteroatoms. The summed E-state index contributed by atoms with van der Waals surface area (Å²) in [6.07, 6.45) is 15.3. The molecule has 0 aliphatic heterocycles. The molecule has 2 aromatic rings. The molecule has 2 aromatic heterocycles. The molecule has 6 saturated carbocycles. The molecule has 0 spiro atoms. The molecule has 8 aliphatic rings. The molecule has 6 nitrogen and oxygen atoms in total. The number of rotatable bonds is 2. The number of allylic oxidation sites excluding steroid dienone is 1. The number of carbonyl (C=O) groups is 4. The van der Waals surface area contributed by atoms with Gasteiger partial charge >= 0.3 is 0 Å². The Bertz CT molecular complexity index is 1950. The number of ketones is 4. The maximum Gasteiger partial charge on any atom is 0.188 e. The highest BCUT2D eigenvalue weighted by molar-refractivity contribution is 7.25. The van der Waals surface area contributed by atoms with Crippen molar-refractivity contribution in [3.05, 3.63) is 33.3 Å². The van der Waals surface area contributed by atoms with Crippen molar-refractivity contribution in [3.63, 3.8) is 0 Å². The lowest BCUT2D eigenvalue weighted by Crippen LogP contribution is -2.35. The van der Waals surface area contributed by atoms with Crippen molar-refractivity contribution in [2.24, 2.45) is 57.3 Å². The third-order valence-corrected chi connectivity index (χ3v) is 17.1. The Morgan fingerprint density at radius 2 is 1.04 bits per heavy atom. The van der Waals surface area contributed by atoms with Crippen LogP contribution in [0.2, 0.25) is 0 Å². The summed E-state index contributed by atoms with van der Waals surface area (Å²) in [5.74, 6) is 1.55. The fraction of sp³-hybridized carbons (Fsp3) is 0.619. The van der Waals surface area contributed by atoms with Crippen LogP contribution >= 0.6 is 22.7 Å². The van der Waals surface area contributed by atoms with Crippen LogP contribution in [-0.2, 0) is 30.0 Å². The predicted molar refractivity (Wildman–Crippen MR) is 199 cm³/mol. The minimum atomic E-state index is -0.459. The zero-order chi connectivity index (χ0) is 34.4. The van der Waals surface area contributed by atoms with Crippen molar-refractivity contribution in [1.29, 1.82) is 0 Å². The van der Waals surface area contributed by atoms with E-state index in [9.17, 15) is 19.2 Å². The lowest BCUT2D eigenvalue weighted by atomic mass is 9.64. The van der Waals surface area contributed by atoms with Crippen molar-refractivity contribution in [2.45, 2.75) is 116 Å². The average Bonchev–Trinajstić information content (AvgIpc) is 3.89. The third-order valence-electron chi connectivity index (χ3n) is 14.8. The number of nitrogens with zero attached hydrogens (tertiary/aromatic N) is 2. The summed E-state index contributed by atoms with van der Waals surface area (Å²) in [6, 6.07) is 2.11. The van der Waals surface area contributed by atoms with Crippen LogP contribution in [0, 0.1) is 47.3 Å². The minimum absolute atomic E-state index is 0.0188. The van der Waals surface area contributed by atoms with E-state index in [0.717, 1.165) is 41.3 Å². The van der Waals surface area contributed by atoms with Crippen LogP contribution in [0.1, 0.15) is 126 Å².